The van der Waals surface area contributed by atoms with Gasteiger partial charge in [-0.1, -0.05) is 0 Å². The van der Waals surface area contributed by atoms with Crippen molar-refractivity contribution in [3.05, 3.63) is 30.7 Å². The van der Waals surface area contributed by atoms with Crippen LogP contribution in [0.2, 0.25) is 0 Å². The van der Waals surface area contributed by atoms with Crippen LogP contribution in [0, 0.1) is 0 Å². The quantitative estimate of drug-likeness (QED) is 0.557. The van der Waals surface area contributed by atoms with Crippen molar-refractivity contribution in [1.29, 1.82) is 0 Å². The molecule has 3 rings (SSSR count). The van der Waals surface area contributed by atoms with Crippen LogP contribution in [0.5, 0.6) is 0 Å². The summed E-state index contributed by atoms with van der Waals surface area (Å²) in [5.74, 6) is 1.48. The Balaban J connectivity index is 2.05. The number of aromatic nitrogens is 4. The molecule has 0 saturated carbocycles. The minimum absolute atomic E-state index is 0.0513. The predicted molar refractivity (Wildman–Crippen MR) is 91.5 cm³/mol. The number of pyridine rings is 1. The van der Waals surface area contributed by atoms with E-state index in [9.17, 15) is 0 Å². The highest BCUT2D eigenvalue weighted by Crippen LogP contribution is 2.29. The third-order valence-electron chi connectivity index (χ3n) is 3.33. The van der Waals surface area contributed by atoms with Crippen molar-refractivity contribution in [2.24, 2.45) is 0 Å². The van der Waals surface area contributed by atoms with E-state index in [-0.39, 0.29) is 6.61 Å². The normalized spacial score (nSPS) is 11.1. The van der Waals surface area contributed by atoms with Crippen LogP contribution >= 0.6 is 0 Å². The number of fused-ring (bicyclic) bond motifs is 1. The Kier molecular flexibility index (Phi) is 4.38. The number of anilines is 2. The van der Waals surface area contributed by atoms with Crippen LogP contribution in [-0.4, -0.2) is 44.2 Å². The number of aliphatic hydroxyl groups excluding tert-OH is 1. The van der Waals surface area contributed by atoms with E-state index in [4.69, 9.17) is 5.11 Å². The topological polar surface area (TPSA) is 98.8 Å². The molecule has 3 heterocycles. The van der Waals surface area contributed by atoms with Crippen molar-refractivity contribution in [2.75, 3.05) is 23.8 Å². The van der Waals surface area contributed by atoms with Gasteiger partial charge in [0, 0.05) is 35.8 Å². The molecular formula is C16H20N6O. The van der Waals surface area contributed by atoms with Gasteiger partial charge in [0.1, 0.15) is 23.6 Å². The molecule has 0 radical (unpaired) electrons. The zero-order chi connectivity index (χ0) is 16.2. The summed E-state index contributed by atoms with van der Waals surface area (Å²) in [5.41, 5.74) is 2.56. The minimum atomic E-state index is 0.0513. The van der Waals surface area contributed by atoms with E-state index in [0.29, 0.717) is 18.4 Å². The summed E-state index contributed by atoms with van der Waals surface area (Å²) in [6.07, 6.45) is 3.41. The van der Waals surface area contributed by atoms with Crippen molar-refractivity contribution in [3.8, 4) is 11.3 Å². The molecule has 0 saturated heterocycles. The van der Waals surface area contributed by atoms with Crippen LogP contribution in [0.15, 0.2) is 30.7 Å². The Morgan fingerprint density at radius 3 is 2.87 bits per heavy atom. The van der Waals surface area contributed by atoms with Gasteiger partial charge in [0.2, 0.25) is 0 Å². The second-order valence-electron chi connectivity index (χ2n) is 5.53. The SMILES string of the molecule is CC(C)Nc1cc(-c2cc(NCCO)nc3[nH]ccc23)ncn1. The maximum absolute atomic E-state index is 8.98. The van der Waals surface area contributed by atoms with Crippen molar-refractivity contribution >= 4 is 22.7 Å². The monoisotopic (exact) mass is 312 g/mol. The summed E-state index contributed by atoms with van der Waals surface area (Å²) in [7, 11) is 0. The smallest absolute Gasteiger partial charge is 0.140 e. The Hall–Kier alpha value is -2.67. The Labute approximate surface area is 134 Å². The molecule has 0 unspecified atom stereocenters. The summed E-state index contributed by atoms with van der Waals surface area (Å²) in [5, 5.41) is 16.4. The number of aliphatic hydroxyl groups is 1. The lowest BCUT2D eigenvalue weighted by Gasteiger charge is -2.11. The largest absolute Gasteiger partial charge is 0.395 e. The summed E-state index contributed by atoms with van der Waals surface area (Å²) < 4.78 is 0. The van der Waals surface area contributed by atoms with E-state index in [2.05, 4.69) is 44.4 Å². The van der Waals surface area contributed by atoms with Crippen LogP contribution in [0.3, 0.4) is 0 Å². The number of nitrogens with zero attached hydrogens (tertiary/aromatic N) is 3. The van der Waals surface area contributed by atoms with Gasteiger partial charge in [-0.05, 0) is 26.0 Å². The Morgan fingerprint density at radius 1 is 1.22 bits per heavy atom. The minimum Gasteiger partial charge on any atom is -0.395 e. The van der Waals surface area contributed by atoms with E-state index >= 15 is 0 Å². The van der Waals surface area contributed by atoms with E-state index in [0.717, 1.165) is 28.1 Å². The summed E-state index contributed by atoms with van der Waals surface area (Å²) in [4.78, 5) is 16.3. The van der Waals surface area contributed by atoms with Gasteiger partial charge < -0.3 is 20.7 Å². The molecule has 3 aromatic rings. The Morgan fingerprint density at radius 2 is 2.09 bits per heavy atom. The number of hydrogen-bond acceptors (Lipinski definition) is 6. The molecule has 0 bridgehead atoms. The maximum atomic E-state index is 8.98. The summed E-state index contributed by atoms with van der Waals surface area (Å²) >= 11 is 0. The first-order valence-electron chi connectivity index (χ1n) is 7.59. The van der Waals surface area contributed by atoms with Crippen molar-refractivity contribution in [1.82, 2.24) is 19.9 Å². The van der Waals surface area contributed by atoms with Gasteiger partial charge in [-0.25, -0.2) is 15.0 Å². The second-order valence-corrected chi connectivity index (χ2v) is 5.53. The first kappa shape index (κ1) is 15.2. The zero-order valence-electron chi connectivity index (χ0n) is 13.2. The number of aromatic amines is 1. The fourth-order valence-corrected chi connectivity index (χ4v) is 2.40. The Bertz CT molecular complexity index is 798. The number of hydrogen-bond donors (Lipinski definition) is 4. The highest BCUT2D eigenvalue weighted by atomic mass is 16.3. The lowest BCUT2D eigenvalue weighted by Crippen LogP contribution is -2.11. The average Bonchev–Trinajstić information content (AvgIpc) is 3.00. The van der Waals surface area contributed by atoms with Crippen LogP contribution in [-0.2, 0) is 0 Å². The highest BCUT2D eigenvalue weighted by molar-refractivity contribution is 5.94. The molecule has 23 heavy (non-hydrogen) atoms. The highest BCUT2D eigenvalue weighted by Gasteiger charge is 2.11. The lowest BCUT2D eigenvalue weighted by molar-refractivity contribution is 0.311. The third-order valence-corrected chi connectivity index (χ3v) is 3.33. The van der Waals surface area contributed by atoms with Gasteiger partial charge in [0.15, 0.2) is 0 Å². The molecule has 0 amide bonds. The summed E-state index contributed by atoms with van der Waals surface area (Å²) in [6.45, 7) is 4.63. The van der Waals surface area contributed by atoms with Gasteiger partial charge in [0.25, 0.3) is 0 Å². The lowest BCUT2D eigenvalue weighted by atomic mass is 10.1. The number of H-pyrrole nitrogens is 1. The molecule has 120 valence electrons. The van der Waals surface area contributed by atoms with Gasteiger partial charge in [-0.2, -0.15) is 0 Å². The number of nitrogens with one attached hydrogen (secondary N) is 3. The molecule has 0 aromatic carbocycles. The van der Waals surface area contributed by atoms with E-state index < -0.39 is 0 Å². The van der Waals surface area contributed by atoms with E-state index in [1.165, 1.54) is 0 Å². The van der Waals surface area contributed by atoms with Crippen LogP contribution in [0.25, 0.3) is 22.3 Å². The van der Waals surface area contributed by atoms with Gasteiger partial charge in [-0.3, -0.25) is 0 Å². The molecule has 0 fully saturated rings. The molecule has 0 atom stereocenters. The van der Waals surface area contributed by atoms with Crippen LogP contribution in [0.4, 0.5) is 11.6 Å². The maximum Gasteiger partial charge on any atom is 0.140 e. The predicted octanol–water partition coefficient (Wildman–Crippen LogP) is 2.24. The molecule has 4 N–H and O–H groups in total. The van der Waals surface area contributed by atoms with Gasteiger partial charge in [-0.15, -0.1) is 0 Å². The van der Waals surface area contributed by atoms with Gasteiger partial charge in [0.05, 0.1) is 12.3 Å². The molecule has 0 aliphatic heterocycles. The molecule has 0 aliphatic carbocycles. The first-order valence-corrected chi connectivity index (χ1v) is 7.59. The molecular weight excluding hydrogens is 292 g/mol. The third kappa shape index (κ3) is 3.40. The molecule has 7 nitrogen and oxygen atoms in total. The molecule has 0 aliphatic rings. The van der Waals surface area contributed by atoms with Gasteiger partial charge >= 0.3 is 0 Å². The summed E-state index contributed by atoms with van der Waals surface area (Å²) in [6, 6.07) is 6.14. The molecule has 3 aromatic heterocycles. The van der Waals surface area contributed by atoms with Crippen LogP contribution < -0.4 is 10.6 Å². The fourth-order valence-electron chi connectivity index (χ4n) is 2.40. The van der Waals surface area contributed by atoms with E-state index in [1.54, 1.807) is 6.33 Å². The number of rotatable bonds is 6. The van der Waals surface area contributed by atoms with E-state index in [1.807, 2.05) is 24.4 Å². The van der Waals surface area contributed by atoms with Crippen molar-refractivity contribution in [3.63, 3.8) is 0 Å². The van der Waals surface area contributed by atoms with Crippen molar-refractivity contribution < 1.29 is 5.11 Å². The van der Waals surface area contributed by atoms with Crippen LogP contribution in [0.1, 0.15) is 13.8 Å². The fraction of sp³-hybridized carbons (Fsp3) is 0.312. The van der Waals surface area contributed by atoms with Crippen molar-refractivity contribution in [2.45, 2.75) is 19.9 Å². The molecule has 7 heteroatoms. The first-order chi connectivity index (χ1) is 11.2. The standard InChI is InChI=1S/C16H20N6O/c1-10(2)21-15-8-13(19-9-20-15)12-7-14(17-5-6-23)22-16-11(12)3-4-18-16/h3-4,7-10,23H,5-6H2,1-2H3,(H2,17,18,22)(H,19,20,21). The zero-order valence-corrected chi connectivity index (χ0v) is 13.2. The second kappa shape index (κ2) is 6.62. The molecule has 0 spiro atoms. The average molecular weight is 312 g/mol.